The predicted molar refractivity (Wildman–Crippen MR) is 88.0 cm³/mol. The Labute approximate surface area is 145 Å². The van der Waals surface area contributed by atoms with Gasteiger partial charge in [-0.05, 0) is 6.07 Å². The average Bonchev–Trinajstić information content (AvgIpc) is 2.59. The lowest BCUT2D eigenvalue weighted by Crippen LogP contribution is -2.23. The number of carbonyl (C=O) groups is 1. The zero-order valence-corrected chi connectivity index (χ0v) is 13.3. The van der Waals surface area contributed by atoms with E-state index in [1.54, 1.807) is 24.3 Å². The quantitative estimate of drug-likeness (QED) is 0.448. The Morgan fingerprint density at radius 3 is 2.62 bits per heavy atom. The van der Waals surface area contributed by atoms with Crippen LogP contribution in [0.3, 0.4) is 0 Å². The number of hydrogen-bond donors (Lipinski definition) is 3. The van der Waals surface area contributed by atoms with Crippen LogP contribution in [0, 0.1) is 0 Å². The number of carbonyl (C=O) groups excluding carboxylic acids is 1. The molecule has 132 valence electrons. The molecule has 3 N–H and O–H groups in total. The molecule has 1 atom stereocenters. The molecule has 2 aromatic carbocycles. The van der Waals surface area contributed by atoms with Gasteiger partial charge in [0.2, 0.25) is 11.2 Å². The molecule has 0 amide bonds. The summed E-state index contributed by atoms with van der Waals surface area (Å²) in [4.78, 5) is 24.4. The lowest BCUT2D eigenvalue weighted by atomic mass is 9.98. The van der Waals surface area contributed by atoms with Gasteiger partial charge in [0.05, 0.1) is 5.56 Å². The summed E-state index contributed by atoms with van der Waals surface area (Å²) >= 11 is 0. The first kappa shape index (κ1) is 15.8. The molecule has 0 spiro atoms. The maximum atomic E-state index is 13.0. The molecule has 8 nitrogen and oxygen atoms in total. The van der Waals surface area contributed by atoms with E-state index in [9.17, 15) is 24.9 Å². The predicted octanol–water partition coefficient (Wildman–Crippen LogP) is 2.53. The molecule has 0 saturated heterocycles. The number of ether oxygens (including phenoxy) is 2. The minimum atomic E-state index is -1.31. The Kier molecular flexibility index (Phi) is 3.30. The molecule has 0 bridgehead atoms. The maximum absolute atomic E-state index is 13.0. The van der Waals surface area contributed by atoms with E-state index < -0.39 is 34.9 Å². The molecule has 0 radical (unpaired) electrons. The van der Waals surface area contributed by atoms with Crippen molar-refractivity contribution in [2.45, 2.75) is 13.2 Å². The molecule has 1 aliphatic heterocycles. The topological polar surface area (TPSA) is 126 Å². The Bertz CT molecular complexity index is 1130. The number of benzene rings is 2. The minimum absolute atomic E-state index is 0.0333. The van der Waals surface area contributed by atoms with E-state index in [2.05, 4.69) is 0 Å². The standard InChI is InChI=1S/C18H12O8/c1-7(19)24-18-17-12(8-4-2-3-5-10(8)26-18)15(22)13-11(25-17)6-9(20)14(21)16(13)23/h2-6,18,20-21,23H,1H3. The molecule has 3 aromatic rings. The first-order valence-electron chi connectivity index (χ1n) is 7.56. The number of hydrogen-bond acceptors (Lipinski definition) is 8. The third-order valence-corrected chi connectivity index (χ3v) is 4.02. The van der Waals surface area contributed by atoms with Crippen molar-refractivity contribution in [3.8, 4) is 34.1 Å². The van der Waals surface area contributed by atoms with E-state index in [0.717, 1.165) is 6.07 Å². The van der Waals surface area contributed by atoms with Gasteiger partial charge in [-0.15, -0.1) is 0 Å². The molecule has 26 heavy (non-hydrogen) atoms. The Balaban J connectivity index is 2.13. The van der Waals surface area contributed by atoms with Crippen LogP contribution in [-0.4, -0.2) is 21.3 Å². The van der Waals surface area contributed by atoms with Crippen molar-refractivity contribution in [3.63, 3.8) is 0 Å². The van der Waals surface area contributed by atoms with Gasteiger partial charge in [0.15, 0.2) is 17.3 Å². The van der Waals surface area contributed by atoms with Gasteiger partial charge in [-0.3, -0.25) is 9.59 Å². The van der Waals surface area contributed by atoms with Crippen LogP contribution < -0.4 is 10.2 Å². The lowest BCUT2D eigenvalue weighted by Gasteiger charge is -2.26. The van der Waals surface area contributed by atoms with Gasteiger partial charge in [0.1, 0.15) is 16.7 Å². The summed E-state index contributed by atoms with van der Waals surface area (Å²) in [6.07, 6.45) is -1.31. The summed E-state index contributed by atoms with van der Waals surface area (Å²) in [5, 5.41) is 29.2. The number of para-hydroxylation sites is 1. The maximum Gasteiger partial charge on any atom is 0.306 e. The molecule has 0 fully saturated rings. The molecule has 0 aliphatic carbocycles. The molecule has 4 rings (SSSR count). The second-order valence-electron chi connectivity index (χ2n) is 5.69. The van der Waals surface area contributed by atoms with E-state index in [4.69, 9.17) is 13.9 Å². The molecule has 0 saturated carbocycles. The zero-order chi connectivity index (χ0) is 18.6. The molecule has 1 unspecified atom stereocenters. The van der Waals surface area contributed by atoms with Crippen molar-refractivity contribution < 1.29 is 34.0 Å². The lowest BCUT2D eigenvalue weighted by molar-refractivity contribution is -0.164. The van der Waals surface area contributed by atoms with Crippen LogP contribution in [0.25, 0.3) is 22.1 Å². The number of phenolic OH excluding ortho intramolecular Hbond substituents is 3. The van der Waals surface area contributed by atoms with Gasteiger partial charge in [-0.25, -0.2) is 0 Å². The highest BCUT2D eigenvalue weighted by Gasteiger charge is 2.35. The van der Waals surface area contributed by atoms with Gasteiger partial charge in [0.25, 0.3) is 0 Å². The van der Waals surface area contributed by atoms with Crippen molar-refractivity contribution in [2.24, 2.45) is 0 Å². The van der Waals surface area contributed by atoms with Crippen molar-refractivity contribution in [1.29, 1.82) is 0 Å². The second-order valence-corrected chi connectivity index (χ2v) is 5.69. The molecule has 1 aromatic heterocycles. The molecular weight excluding hydrogens is 344 g/mol. The first-order chi connectivity index (χ1) is 12.4. The highest BCUT2D eigenvalue weighted by molar-refractivity contribution is 5.92. The largest absolute Gasteiger partial charge is 0.504 e. The van der Waals surface area contributed by atoms with E-state index in [-0.39, 0.29) is 22.3 Å². The van der Waals surface area contributed by atoms with Crippen LogP contribution in [0.4, 0.5) is 0 Å². The van der Waals surface area contributed by atoms with Crippen LogP contribution in [0.5, 0.6) is 23.0 Å². The van der Waals surface area contributed by atoms with E-state index in [1.165, 1.54) is 6.92 Å². The molecule has 2 heterocycles. The molecular formula is C18H12O8. The van der Waals surface area contributed by atoms with Gasteiger partial charge >= 0.3 is 12.3 Å². The third-order valence-electron chi connectivity index (χ3n) is 4.02. The summed E-state index contributed by atoms with van der Waals surface area (Å²) in [6.45, 7) is 1.18. The fourth-order valence-electron chi connectivity index (χ4n) is 2.92. The van der Waals surface area contributed by atoms with E-state index in [1.807, 2.05) is 0 Å². The minimum Gasteiger partial charge on any atom is -0.504 e. The van der Waals surface area contributed by atoms with Crippen molar-refractivity contribution in [3.05, 3.63) is 46.3 Å². The Hall–Kier alpha value is -3.68. The Morgan fingerprint density at radius 1 is 1.15 bits per heavy atom. The summed E-state index contributed by atoms with van der Waals surface area (Å²) < 4.78 is 16.3. The number of rotatable bonds is 1. The highest BCUT2D eigenvalue weighted by Crippen LogP contribution is 2.45. The number of aromatic hydroxyl groups is 3. The summed E-state index contributed by atoms with van der Waals surface area (Å²) in [6, 6.07) is 7.54. The molecule has 8 heteroatoms. The van der Waals surface area contributed by atoms with Gasteiger partial charge in [-0.2, -0.15) is 0 Å². The van der Waals surface area contributed by atoms with E-state index in [0.29, 0.717) is 11.3 Å². The monoisotopic (exact) mass is 356 g/mol. The number of fused-ring (bicyclic) bond motifs is 4. The van der Waals surface area contributed by atoms with E-state index >= 15 is 0 Å². The van der Waals surface area contributed by atoms with Gasteiger partial charge in [0, 0.05) is 18.6 Å². The van der Waals surface area contributed by atoms with Gasteiger partial charge in [-0.1, -0.05) is 18.2 Å². The zero-order valence-electron chi connectivity index (χ0n) is 13.3. The van der Waals surface area contributed by atoms with Crippen LogP contribution in [0.1, 0.15) is 19.0 Å². The smallest absolute Gasteiger partial charge is 0.306 e. The van der Waals surface area contributed by atoms with Crippen molar-refractivity contribution in [1.82, 2.24) is 0 Å². The third kappa shape index (κ3) is 2.16. The fourth-order valence-corrected chi connectivity index (χ4v) is 2.92. The Morgan fingerprint density at radius 2 is 1.88 bits per heavy atom. The fraction of sp³-hybridized carbons (Fsp3) is 0.111. The number of phenols is 3. The van der Waals surface area contributed by atoms with Crippen LogP contribution >= 0.6 is 0 Å². The van der Waals surface area contributed by atoms with Crippen molar-refractivity contribution >= 4 is 16.9 Å². The SMILES string of the molecule is CC(=O)OC1Oc2ccccc2-c2c1oc1cc(O)c(O)c(O)c1c2=O. The van der Waals surface area contributed by atoms with Crippen LogP contribution in [-0.2, 0) is 9.53 Å². The van der Waals surface area contributed by atoms with Crippen molar-refractivity contribution in [2.75, 3.05) is 0 Å². The van der Waals surface area contributed by atoms with Crippen LogP contribution in [0.15, 0.2) is 39.5 Å². The highest BCUT2D eigenvalue weighted by atomic mass is 16.7. The first-order valence-corrected chi connectivity index (χ1v) is 7.56. The number of esters is 1. The summed E-state index contributed by atoms with van der Waals surface area (Å²) in [7, 11) is 0. The van der Waals surface area contributed by atoms with Gasteiger partial charge < -0.3 is 29.2 Å². The summed E-state index contributed by atoms with van der Waals surface area (Å²) in [5.74, 6) is -2.74. The summed E-state index contributed by atoms with van der Waals surface area (Å²) in [5.41, 5.74) is -0.442. The normalized spacial score (nSPS) is 15.0. The second kappa shape index (κ2) is 5.41. The average molecular weight is 356 g/mol. The molecule has 1 aliphatic rings. The van der Waals surface area contributed by atoms with Crippen LogP contribution in [0.2, 0.25) is 0 Å².